The molecule has 2 rings (SSSR count). The van der Waals surface area contributed by atoms with Gasteiger partial charge in [0.05, 0.1) is 0 Å². The number of nitrogens with zero attached hydrogens (tertiary/aromatic N) is 1. The fraction of sp³-hybridized carbons (Fsp3) is 0.600. The summed E-state index contributed by atoms with van der Waals surface area (Å²) >= 11 is 0. The molecule has 1 saturated heterocycles. The molecule has 1 aromatic carbocycles. The van der Waals surface area contributed by atoms with Gasteiger partial charge in [-0.25, -0.2) is 4.39 Å². The largest absolute Gasteiger partial charge is 0.370 e. The molecule has 1 fully saturated rings. The van der Waals surface area contributed by atoms with Gasteiger partial charge in [-0.15, -0.1) is 0 Å². The lowest BCUT2D eigenvalue weighted by Gasteiger charge is -2.26. The fourth-order valence-corrected chi connectivity index (χ4v) is 2.60. The van der Waals surface area contributed by atoms with E-state index in [1.54, 1.807) is 6.07 Å². The number of rotatable bonds is 3. The standard InChI is InChI=1S/C15H23FN2/c1-3-5-13-11-18(9-4-8-17-13)14-6-7-15(16)12(2)10-14/h6-7,10,13,17H,3-5,8-9,11H2,1-2H3. The van der Waals surface area contributed by atoms with Gasteiger partial charge in [-0.2, -0.15) is 0 Å². The van der Waals surface area contributed by atoms with Gasteiger partial charge in [0.1, 0.15) is 5.82 Å². The summed E-state index contributed by atoms with van der Waals surface area (Å²) in [7, 11) is 0. The Morgan fingerprint density at radius 2 is 2.28 bits per heavy atom. The number of anilines is 1. The van der Waals surface area contributed by atoms with Crippen LogP contribution in [0.4, 0.5) is 10.1 Å². The van der Waals surface area contributed by atoms with Gasteiger partial charge in [0.2, 0.25) is 0 Å². The van der Waals surface area contributed by atoms with Crippen LogP contribution in [-0.2, 0) is 0 Å². The van der Waals surface area contributed by atoms with E-state index in [9.17, 15) is 4.39 Å². The van der Waals surface area contributed by atoms with E-state index in [2.05, 4.69) is 17.1 Å². The molecule has 0 aromatic heterocycles. The highest BCUT2D eigenvalue weighted by molar-refractivity contribution is 5.49. The molecular weight excluding hydrogens is 227 g/mol. The van der Waals surface area contributed by atoms with Crippen LogP contribution in [-0.4, -0.2) is 25.7 Å². The van der Waals surface area contributed by atoms with E-state index >= 15 is 0 Å². The molecule has 0 bridgehead atoms. The van der Waals surface area contributed by atoms with Gasteiger partial charge >= 0.3 is 0 Å². The van der Waals surface area contributed by atoms with E-state index in [4.69, 9.17) is 0 Å². The van der Waals surface area contributed by atoms with Crippen LogP contribution >= 0.6 is 0 Å². The SMILES string of the molecule is CCCC1CN(c2ccc(F)c(C)c2)CCCN1. The molecule has 1 aromatic rings. The summed E-state index contributed by atoms with van der Waals surface area (Å²) in [5.41, 5.74) is 1.88. The molecule has 0 aliphatic carbocycles. The molecule has 0 saturated carbocycles. The van der Waals surface area contributed by atoms with Gasteiger partial charge in [-0.05, 0) is 50.1 Å². The van der Waals surface area contributed by atoms with E-state index in [1.807, 2.05) is 19.1 Å². The zero-order chi connectivity index (χ0) is 13.0. The fourth-order valence-electron chi connectivity index (χ4n) is 2.60. The minimum absolute atomic E-state index is 0.114. The molecule has 1 N–H and O–H groups in total. The van der Waals surface area contributed by atoms with Gasteiger partial charge in [-0.3, -0.25) is 0 Å². The molecule has 100 valence electrons. The van der Waals surface area contributed by atoms with Crippen molar-refractivity contribution in [2.75, 3.05) is 24.5 Å². The first-order chi connectivity index (χ1) is 8.70. The van der Waals surface area contributed by atoms with Crippen LogP contribution in [0.2, 0.25) is 0 Å². The van der Waals surface area contributed by atoms with Crippen molar-refractivity contribution < 1.29 is 4.39 Å². The summed E-state index contributed by atoms with van der Waals surface area (Å²) in [6.07, 6.45) is 3.56. The summed E-state index contributed by atoms with van der Waals surface area (Å²) in [5, 5.41) is 3.59. The van der Waals surface area contributed by atoms with E-state index in [0.29, 0.717) is 6.04 Å². The molecule has 3 heteroatoms. The van der Waals surface area contributed by atoms with Crippen LogP contribution in [0.15, 0.2) is 18.2 Å². The number of nitrogens with one attached hydrogen (secondary N) is 1. The third kappa shape index (κ3) is 3.22. The number of aryl methyl sites for hydroxylation is 1. The van der Waals surface area contributed by atoms with Gasteiger partial charge in [0, 0.05) is 24.8 Å². The van der Waals surface area contributed by atoms with Crippen LogP contribution < -0.4 is 10.2 Å². The second kappa shape index (κ2) is 6.19. The molecule has 0 radical (unpaired) electrons. The van der Waals surface area contributed by atoms with E-state index in [1.165, 1.54) is 12.8 Å². The Labute approximate surface area is 109 Å². The van der Waals surface area contributed by atoms with E-state index < -0.39 is 0 Å². The van der Waals surface area contributed by atoms with Crippen LogP contribution in [0.25, 0.3) is 0 Å². The van der Waals surface area contributed by atoms with Crippen molar-refractivity contribution in [2.45, 2.75) is 39.2 Å². The summed E-state index contributed by atoms with van der Waals surface area (Å²) < 4.78 is 13.3. The molecule has 1 atom stereocenters. The van der Waals surface area contributed by atoms with Gasteiger partial charge in [0.15, 0.2) is 0 Å². The minimum Gasteiger partial charge on any atom is -0.370 e. The molecular formula is C15H23FN2. The topological polar surface area (TPSA) is 15.3 Å². The number of hydrogen-bond acceptors (Lipinski definition) is 2. The molecule has 1 aliphatic rings. The van der Waals surface area contributed by atoms with Crippen LogP contribution in [0.5, 0.6) is 0 Å². The molecule has 1 aliphatic heterocycles. The first-order valence-corrected chi connectivity index (χ1v) is 6.95. The molecule has 1 unspecified atom stereocenters. The third-order valence-corrected chi connectivity index (χ3v) is 3.62. The van der Waals surface area contributed by atoms with Crippen molar-refractivity contribution in [3.63, 3.8) is 0 Å². The minimum atomic E-state index is -0.114. The molecule has 1 heterocycles. The van der Waals surface area contributed by atoms with Crippen molar-refractivity contribution in [1.29, 1.82) is 0 Å². The van der Waals surface area contributed by atoms with Crippen LogP contribution in [0.1, 0.15) is 31.7 Å². The zero-order valence-corrected chi connectivity index (χ0v) is 11.4. The Balaban J connectivity index is 2.12. The molecule has 0 spiro atoms. The smallest absolute Gasteiger partial charge is 0.126 e. The maximum atomic E-state index is 13.3. The first kappa shape index (κ1) is 13.3. The zero-order valence-electron chi connectivity index (χ0n) is 11.4. The summed E-state index contributed by atoms with van der Waals surface area (Å²) in [6, 6.07) is 6.00. The third-order valence-electron chi connectivity index (χ3n) is 3.62. The van der Waals surface area contributed by atoms with Crippen molar-refractivity contribution in [3.8, 4) is 0 Å². The van der Waals surface area contributed by atoms with Crippen LogP contribution in [0.3, 0.4) is 0 Å². The lowest BCUT2D eigenvalue weighted by atomic mass is 10.1. The molecule has 18 heavy (non-hydrogen) atoms. The summed E-state index contributed by atoms with van der Waals surface area (Å²) in [5.74, 6) is -0.114. The van der Waals surface area contributed by atoms with Gasteiger partial charge < -0.3 is 10.2 Å². The van der Waals surface area contributed by atoms with E-state index in [0.717, 1.165) is 37.3 Å². The average Bonchev–Trinajstić information content (AvgIpc) is 2.59. The van der Waals surface area contributed by atoms with Gasteiger partial charge in [-0.1, -0.05) is 13.3 Å². The Kier molecular flexibility index (Phi) is 4.59. The average molecular weight is 250 g/mol. The van der Waals surface area contributed by atoms with Crippen LogP contribution in [0, 0.1) is 12.7 Å². The second-order valence-corrected chi connectivity index (χ2v) is 5.17. The highest BCUT2D eigenvalue weighted by Gasteiger charge is 2.17. The van der Waals surface area contributed by atoms with Gasteiger partial charge in [0.25, 0.3) is 0 Å². The van der Waals surface area contributed by atoms with Crippen molar-refractivity contribution in [3.05, 3.63) is 29.6 Å². The van der Waals surface area contributed by atoms with Crippen molar-refractivity contribution in [2.24, 2.45) is 0 Å². The van der Waals surface area contributed by atoms with E-state index in [-0.39, 0.29) is 5.82 Å². The Morgan fingerprint density at radius 3 is 3.00 bits per heavy atom. The Bertz CT molecular complexity index is 392. The predicted molar refractivity (Wildman–Crippen MR) is 74.7 cm³/mol. The Morgan fingerprint density at radius 1 is 1.44 bits per heavy atom. The normalized spacial score (nSPS) is 20.8. The highest BCUT2D eigenvalue weighted by Crippen LogP contribution is 2.20. The molecule has 0 amide bonds. The quantitative estimate of drug-likeness (QED) is 0.886. The monoisotopic (exact) mass is 250 g/mol. The highest BCUT2D eigenvalue weighted by atomic mass is 19.1. The second-order valence-electron chi connectivity index (χ2n) is 5.17. The maximum Gasteiger partial charge on any atom is 0.126 e. The molecule has 2 nitrogen and oxygen atoms in total. The summed E-state index contributed by atoms with van der Waals surface area (Å²) in [6.45, 7) is 7.22. The maximum absolute atomic E-state index is 13.3. The number of halogens is 1. The summed E-state index contributed by atoms with van der Waals surface area (Å²) in [4.78, 5) is 2.38. The predicted octanol–water partition coefficient (Wildman–Crippen LogP) is 3.10. The van der Waals surface area contributed by atoms with Crippen molar-refractivity contribution >= 4 is 5.69 Å². The Hall–Kier alpha value is -1.09. The number of hydrogen-bond donors (Lipinski definition) is 1. The van der Waals surface area contributed by atoms with Crippen molar-refractivity contribution in [1.82, 2.24) is 5.32 Å². The lowest BCUT2D eigenvalue weighted by molar-refractivity contribution is 0.502. The number of benzene rings is 1. The first-order valence-electron chi connectivity index (χ1n) is 6.95. The lowest BCUT2D eigenvalue weighted by Crippen LogP contribution is -2.37.